The van der Waals surface area contributed by atoms with Gasteiger partial charge < -0.3 is 10.4 Å². The normalized spacial score (nSPS) is 10.3. The zero-order valence-electron chi connectivity index (χ0n) is 10.2. The summed E-state index contributed by atoms with van der Waals surface area (Å²) in [5.41, 5.74) is 1.26. The first-order valence-electron chi connectivity index (χ1n) is 5.49. The third-order valence-electron chi connectivity index (χ3n) is 2.56. The molecule has 0 fully saturated rings. The van der Waals surface area contributed by atoms with Crippen LogP contribution >= 0.6 is 43.2 Å². The predicted octanol–water partition coefficient (Wildman–Crippen LogP) is 4.53. The largest absolute Gasteiger partial charge is 0.478 e. The number of nitrogens with one attached hydrogen (secondary N) is 1. The zero-order valence-corrected chi connectivity index (χ0v) is 14.2. The minimum atomic E-state index is -1.09. The third-order valence-corrected chi connectivity index (χ3v) is 5.36. The molecule has 2 N–H and O–H groups in total. The minimum absolute atomic E-state index is 0.0417. The lowest BCUT2D eigenvalue weighted by atomic mass is 10.2. The Balaban J connectivity index is 2.35. The van der Waals surface area contributed by atoms with Gasteiger partial charge in [-0.2, -0.15) is 0 Å². The van der Waals surface area contributed by atoms with Crippen LogP contribution in [0, 0.1) is 6.92 Å². The molecule has 7 heteroatoms. The van der Waals surface area contributed by atoms with Crippen molar-refractivity contribution in [3.8, 4) is 0 Å². The van der Waals surface area contributed by atoms with E-state index >= 15 is 0 Å². The lowest BCUT2D eigenvalue weighted by Gasteiger charge is -2.09. The number of thiophene rings is 1. The molecule has 1 heterocycles. The van der Waals surface area contributed by atoms with Gasteiger partial charge in [0.25, 0.3) is 5.91 Å². The van der Waals surface area contributed by atoms with E-state index in [4.69, 9.17) is 5.11 Å². The van der Waals surface area contributed by atoms with E-state index in [1.807, 2.05) is 6.92 Å². The van der Waals surface area contributed by atoms with Crippen molar-refractivity contribution in [3.63, 3.8) is 0 Å². The van der Waals surface area contributed by atoms with Crippen LogP contribution in [-0.2, 0) is 0 Å². The van der Waals surface area contributed by atoms with Gasteiger partial charge in [0, 0.05) is 4.47 Å². The van der Waals surface area contributed by atoms with E-state index in [1.165, 1.54) is 17.4 Å². The number of aromatic carboxylic acids is 1. The maximum Gasteiger partial charge on any atom is 0.337 e. The van der Waals surface area contributed by atoms with Crippen molar-refractivity contribution in [1.82, 2.24) is 0 Å². The minimum Gasteiger partial charge on any atom is -0.478 e. The van der Waals surface area contributed by atoms with Gasteiger partial charge in [0.2, 0.25) is 0 Å². The van der Waals surface area contributed by atoms with Gasteiger partial charge >= 0.3 is 5.97 Å². The average molecular weight is 419 g/mol. The summed E-state index contributed by atoms with van der Waals surface area (Å²) in [4.78, 5) is 23.9. The molecule has 104 valence electrons. The highest BCUT2D eigenvalue weighted by atomic mass is 79.9. The van der Waals surface area contributed by atoms with Crippen LogP contribution in [0.2, 0.25) is 0 Å². The summed E-state index contributed by atoms with van der Waals surface area (Å²) in [6.07, 6.45) is 0. The van der Waals surface area contributed by atoms with Crippen molar-refractivity contribution in [2.24, 2.45) is 0 Å². The number of aryl methyl sites for hydroxylation is 1. The number of benzene rings is 1. The molecule has 0 atom stereocenters. The maximum atomic E-state index is 12.2. The highest BCUT2D eigenvalue weighted by molar-refractivity contribution is 9.11. The second-order valence-electron chi connectivity index (χ2n) is 3.99. The standard InChI is InChI=1S/C13H9Br2NO3S/c1-6-5-9(20-11(6)15)12(17)16-10-7(13(18)19)3-2-4-8(10)14/h2-5H,1H3,(H,16,17)(H,18,19). The van der Waals surface area contributed by atoms with E-state index in [0.29, 0.717) is 9.35 Å². The number of carboxylic acid groups (broad SMARTS) is 1. The Labute approximate surface area is 136 Å². The molecule has 0 radical (unpaired) electrons. The molecule has 0 saturated heterocycles. The summed E-state index contributed by atoms with van der Waals surface area (Å²) in [5.74, 6) is -1.43. The molecular weight excluding hydrogens is 410 g/mol. The Morgan fingerprint density at radius 1 is 1.30 bits per heavy atom. The second-order valence-corrected chi connectivity index (χ2v) is 7.21. The van der Waals surface area contributed by atoms with E-state index in [1.54, 1.807) is 18.2 Å². The molecule has 20 heavy (non-hydrogen) atoms. The first kappa shape index (κ1) is 15.2. The number of carbonyl (C=O) groups is 2. The Kier molecular flexibility index (Phi) is 4.62. The molecule has 0 aliphatic heterocycles. The molecule has 0 spiro atoms. The summed E-state index contributed by atoms with van der Waals surface area (Å²) in [6, 6.07) is 6.48. The van der Waals surface area contributed by atoms with Crippen LogP contribution in [0.15, 0.2) is 32.5 Å². The molecule has 0 aliphatic carbocycles. The summed E-state index contributed by atoms with van der Waals surface area (Å²) in [7, 11) is 0. The Hall–Kier alpha value is -1.18. The van der Waals surface area contributed by atoms with Crippen molar-refractivity contribution >= 4 is 60.8 Å². The SMILES string of the molecule is Cc1cc(C(=O)Nc2c(Br)cccc2C(=O)O)sc1Br. The maximum absolute atomic E-state index is 12.2. The van der Waals surface area contributed by atoms with E-state index in [0.717, 1.165) is 9.35 Å². The average Bonchev–Trinajstić information content (AvgIpc) is 2.72. The smallest absolute Gasteiger partial charge is 0.337 e. The van der Waals surface area contributed by atoms with Crippen molar-refractivity contribution in [2.45, 2.75) is 6.92 Å². The molecule has 1 amide bonds. The van der Waals surface area contributed by atoms with Crippen LogP contribution in [-0.4, -0.2) is 17.0 Å². The summed E-state index contributed by atoms with van der Waals surface area (Å²) < 4.78 is 1.41. The van der Waals surface area contributed by atoms with E-state index < -0.39 is 5.97 Å². The molecular formula is C13H9Br2NO3S. The van der Waals surface area contributed by atoms with Crippen molar-refractivity contribution in [1.29, 1.82) is 0 Å². The van der Waals surface area contributed by atoms with Gasteiger partial charge in [-0.15, -0.1) is 11.3 Å². The Morgan fingerprint density at radius 2 is 2.00 bits per heavy atom. The molecule has 0 bridgehead atoms. The van der Waals surface area contributed by atoms with Crippen LogP contribution in [0.5, 0.6) is 0 Å². The van der Waals surface area contributed by atoms with Crippen molar-refractivity contribution < 1.29 is 14.7 Å². The van der Waals surface area contributed by atoms with E-state index in [9.17, 15) is 9.59 Å². The van der Waals surface area contributed by atoms with Crippen LogP contribution in [0.3, 0.4) is 0 Å². The number of halogens is 2. The first-order valence-corrected chi connectivity index (χ1v) is 7.89. The van der Waals surface area contributed by atoms with Crippen molar-refractivity contribution in [3.05, 3.63) is 48.5 Å². The van der Waals surface area contributed by atoms with Crippen molar-refractivity contribution in [2.75, 3.05) is 5.32 Å². The lowest BCUT2D eigenvalue weighted by molar-refractivity contribution is 0.0698. The monoisotopic (exact) mass is 417 g/mol. The summed E-state index contributed by atoms with van der Waals surface area (Å²) in [6.45, 7) is 1.89. The second kappa shape index (κ2) is 6.07. The zero-order chi connectivity index (χ0) is 14.9. The van der Waals surface area contributed by atoms with Gasteiger partial charge in [0.1, 0.15) is 0 Å². The summed E-state index contributed by atoms with van der Waals surface area (Å²) >= 11 is 7.91. The molecule has 0 unspecified atom stereocenters. The third kappa shape index (κ3) is 3.11. The van der Waals surface area contributed by atoms with E-state index in [-0.39, 0.29) is 17.2 Å². The fourth-order valence-electron chi connectivity index (χ4n) is 1.58. The number of carboxylic acids is 1. The summed E-state index contributed by atoms with van der Waals surface area (Å²) in [5, 5.41) is 11.8. The molecule has 2 rings (SSSR count). The van der Waals surface area contributed by atoms with Gasteiger partial charge in [-0.05, 0) is 62.5 Å². The van der Waals surface area contributed by atoms with Gasteiger partial charge in [-0.1, -0.05) is 6.07 Å². The highest BCUT2D eigenvalue weighted by Gasteiger charge is 2.17. The number of anilines is 1. The van der Waals surface area contributed by atoms with Gasteiger partial charge in [-0.25, -0.2) is 4.79 Å². The van der Waals surface area contributed by atoms with Crippen LogP contribution in [0.4, 0.5) is 5.69 Å². The number of carbonyl (C=O) groups excluding carboxylic acids is 1. The highest BCUT2D eigenvalue weighted by Crippen LogP contribution is 2.30. The molecule has 1 aromatic carbocycles. The molecule has 0 aliphatic rings. The van der Waals surface area contributed by atoms with Crippen LogP contribution in [0.25, 0.3) is 0 Å². The Morgan fingerprint density at radius 3 is 2.55 bits per heavy atom. The van der Waals surface area contributed by atoms with E-state index in [2.05, 4.69) is 37.2 Å². The first-order chi connectivity index (χ1) is 9.40. The predicted molar refractivity (Wildman–Crippen MR) is 85.8 cm³/mol. The molecule has 2 aromatic rings. The number of rotatable bonds is 3. The van der Waals surface area contributed by atoms with Crippen LogP contribution in [0.1, 0.15) is 25.6 Å². The Bertz CT molecular complexity index is 677. The fraction of sp³-hybridized carbons (Fsp3) is 0.0769. The molecule has 1 aromatic heterocycles. The number of hydrogen-bond acceptors (Lipinski definition) is 3. The molecule has 0 saturated carbocycles. The topological polar surface area (TPSA) is 66.4 Å². The fourth-order valence-corrected chi connectivity index (χ4v) is 3.47. The van der Waals surface area contributed by atoms with Gasteiger partial charge in [0.05, 0.1) is 19.9 Å². The van der Waals surface area contributed by atoms with Gasteiger partial charge in [0.15, 0.2) is 0 Å². The van der Waals surface area contributed by atoms with Crippen LogP contribution < -0.4 is 5.32 Å². The van der Waals surface area contributed by atoms with Gasteiger partial charge in [-0.3, -0.25) is 4.79 Å². The number of hydrogen-bond donors (Lipinski definition) is 2. The molecule has 4 nitrogen and oxygen atoms in total. The number of para-hydroxylation sites is 1. The lowest BCUT2D eigenvalue weighted by Crippen LogP contribution is -2.14. The number of amides is 1. The quantitative estimate of drug-likeness (QED) is 0.769.